The van der Waals surface area contributed by atoms with E-state index in [4.69, 9.17) is 18.9 Å². The molecule has 36 heavy (non-hydrogen) atoms. The topological polar surface area (TPSA) is 90.4 Å². The standard InChI is InChI=1S/C28H28N2O6/c1-33-26-17-23-24(18-27(26)35-13-3-10-30-11-14-34-15-12-30)29-9-8-25(23)36-20-6-7-21-19(16-20)4-2-5-22(21)28(31)32/h2,4-9,16-18H,3,10-15H2,1H3,(H,31,32). The summed E-state index contributed by atoms with van der Waals surface area (Å²) in [7, 11) is 1.61. The number of carboxylic acids is 1. The van der Waals surface area contributed by atoms with Crippen molar-refractivity contribution in [2.24, 2.45) is 0 Å². The van der Waals surface area contributed by atoms with Gasteiger partial charge in [0, 0.05) is 37.3 Å². The Morgan fingerprint density at radius 2 is 1.89 bits per heavy atom. The summed E-state index contributed by atoms with van der Waals surface area (Å²) in [6.45, 7) is 5.05. The van der Waals surface area contributed by atoms with E-state index in [2.05, 4.69) is 9.88 Å². The minimum atomic E-state index is -0.958. The fourth-order valence-electron chi connectivity index (χ4n) is 4.42. The number of hydrogen-bond donors (Lipinski definition) is 1. The lowest BCUT2D eigenvalue weighted by Gasteiger charge is -2.26. The molecule has 5 rings (SSSR count). The van der Waals surface area contributed by atoms with Crippen LogP contribution in [-0.2, 0) is 4.74 Å². The van der Waals surface area contributed by atoms with Gasteiger partial charge in [-0.2, -0.15) is 0 Å². The molecule has 1 aliphatic heterocycles. The zero-order chi connectivity index (χ0) is 24.9. The lowest BCUT2D eigenvalue weighted by Crippen LogP contribution is -2.37. The molecule has 1 N–H and O–H groups in total. The van der Waals surface area contributed by atoms with Crippen molar-refractivity contribution < 1.29 is 28.8 Å². The minimum Gasteiger partial charge on any atom is -0.493 e. The summed E-state index contributed by atoms with van der Waals surface area (Å²) in [4.78, 5) is 18.4. The molecular formula is C28H28N2O6. The third-order valence-electron chi connectivity index (χ3n) is 6.28. The zero-order valence-electron chi connectivity index (χ0n) is 20.1. The Morgan fingerprint density at radius 3 is 2.69 bits per heavy atom. The summed E-state index contributed by atoms with van der Waals surface area (Å²) in [6.07, 6.45) is 2.60. The SMILES string of the molecule is COc1cc2c(Oc3ccc4c(C(=O)O)cccc4c3)ccnc2cc1OCCCN1CCOCC1. The summed E-state index contributed by atoms with van der Waals surface area (Å²) in [5, 5.41) is 11.7. The molecule has 1 saturated heterocycles. The second-order valence-corrected chi connectivity index (χ2v) is 8.58. The number of morpholine rings is 1. The van der Waals surface area contributed by atoms with Crippen LogP contribution in [-0.4, -0.2) is 67.5 Å². The predicted octanol–water partition coefficient (Wildman–Crippen LogP) is 4.99. The van der Waals surface area contributed by atoms with Crippen molar-refractivity contribution in [3.8, 4) is 23.0 Å². The molecule has 0 radical (unpaired) electrons. The minimum absolute atomic E-state index is 0.260. The molecule has 0 amide bonds. The smallest absolute Gasteiger partial charge is 0.336 e. The number of aromatic nitrogens is 1. The first-order valence-corrected chi connectivity index (χ1v) is 12.0. The van der Waals surface area contributed by atoms with E-state index in [-0.39, 0.29) is 5.56 Å². The van der Waals surface area contributed by atoms with Gasteiger partial charge in [0.15, 0.2) is 11.5 Å². The van der Waals surface area contributed by atoms with Gasteiger partial charge < -0.3 is 24.1 Å². The van der Waals surface area contributed by atoms with Crippen molar-refractivity contribution in [1.82, 2.24) is 9.88 Å². The Balaban J connectivity index is 1.34. The van der Waals surface area contributed by atoms with E-state index in [1.165, 1.54) is 0 Å². The van der Waals surface area contributed by atoms with Crippen molar-refractivity contribution >= 4 is 27.6 Å². The molecule has 8 nitrogen and oxygen atoms in total. The third-order valence-corrected chi connectivity index (χ3v) is 6.28. The molecule has 0 aliphatic carbocycles. The predicted molar refractivity (Wildman–Crippen MR) is 137 cm³/mol. The van der Waals surface area contributed by atoms with Crippen LogP contribution in [0.4, 0.5) is 0 Å². The molecule has 0 spiro atoms. The lowest BCUT2D eigenvalue weighted by atomic mass is 10.0. The van der Waals surface area contributed by atoms with E-state index in [0.29, 0.717) is 35.0 Å². The highest BCUT2D eigenvalue weighted by Gasteiger charge is 2.14. The summed E-state index contributed by atoms with van der Waals surface area (Å²) in [5.41, 5.74) is 0.987. The first-order valence-electron chi connectivity index (χ1n) is 12.0. The van der Waals surface area contributed by atoms with Gasteiger partial charge in [0.1, 0.15) is 11.5 Å². The van der Waals surface area contributed by atoms with Crippen molar-refractivity contribution in [2.75, 3.05) is 46.6 Å². The number of carbonyl (C=O) groups is 1. The highest BCUT2D eigenvalue weighted by molar-refractivity contribution is 6.04. The van der Waals surface area contributed by atoms with E-state index in [1.807, 2.05) is 24.3 Å². The molecule has 8 heteroatoms. The van der Waals surface area contributed by atoms with E-state index < -0.39 is 5.97 Å². The average Bonchev–Trinajstić information content (AvgIpc) is 2.91. The molecule has 2 heterocycles. The number of rotatable bonds is 9. The van der Waals surface area contributed by atoms with Crippen molar-refractivity contribution in [3.05, 3.63) is 66.4 Å². The monoisotopic (exact) mass is 488 g/mol. The van der Waals surface area contributed by atoms with Crippen molar-refractivity contribution in [3.63, 3.8) is 0 Å². The Hall–Kier alpha value is -3.88. The van der Waals surface area contributed by atoms with Gasteiger partial charge in [-0.3, -0.25) is 9.88 Å². The van der Waals surface area contributed by atoms with Crippen LogP contribution in [0.25, 0.3) is 21.7 Å². The summed E-state index contributed by atoms with van der Waals surface area (Å²) in [6, 6.07) is 16.1. The highest BCUT2D eigenvalue weighted by atomic mass is 16.5. The number of methoxy groups -OCH3 is 1. The van der Waals surface area contributed by atoms with Gasteiger partial charge in [0.05, 0.1) is 38.0 Å². The Kier molecular flexibility index (Phi) is 7.16. The van der Waals surface area contributed by atoms with Crippen LogP contribution >= 0.6 is 0 Å². The Labute approximate surface area is 209 Å². The molecule has 0 saturated carbocycles. The second kappa shape index (κ2) is 10.8. The number of ether oxygens (including phenoxy) is 4. The van der Waals surface area contributed by atoms with Gasteiger partial charge in [0.25, 0.3) is 0 Å². The van der Waals surface area contributed by atoms with E-state index in [0.717, 1.165) is 55.6 Å². The van der Waals surface area contributed by atoms with Gasteiger partial charge >= 0.3 is 5.97 Å². The fraction of sp³-hybridized carbons (Fsp3) is 0.286. The number of fused-ring (bicyclic) bond motifs is 2. The number of pyridine rings is 1. The van der Waals surface area contributed by atoms with Crippen LogP contribution in [0.5, 0.6) is 23.0 Å². The van der Waals surface area contributed by atoms with E-state index in [9.17, 15) is 9.90 Å². The molecule has 0 atom stereocenters. The quantitative estimate of drug-likeness (QED) is 0.330. The van der Waals surface area contributed by atoms with Crippen LogP contribution in [0.2, 0.25) is 0 Å². The maximum atomic E-state index is 11.5. The van der Waals surface area contributed by atoms with Crippen LogP contribution in [0.3, 0.4) is 0 Å². The summed E-state index contributed by atoms with van der Waals surface area (Å²) >= 11 is 0. The molecule has 1 fully saturated rings. The number of carboxylic acid groups (broad SMARTS) is 1. The van der Waals surface area contributed by atoms with E-state index >= 15 is 0 Å². The Bertz CT molecular complexity index is 1380. The van der Waals surface area contributed by atoms with Gasteiger partial charge in [-0.25, -0.2) is 4.79 Å². The van der Waals surface area contributed by atoms with Gasteiger partial charge in [-0.1, -0.05) is 12.1 Å². The molecule has 186 valence electrons. The number of nitrogens with zero attached hydrogens (tertiary/aromatic N) is 2. The molecule has 1 aliphatic rings. The average molecular weight is 489 g/mol. The lowest BCUT2D eigenvalue weighted by molar-refractivity contribution is 0.0357. The molecule has 3 aromatic carbocycles. The van der Waals surface area contributed by atoms with Crippen molar-refractivity contribution in [1.29, 1.82) is 0 Å². The molecule has 0 unspecified atom stereocenters. The van der Waals surface area contributed by atoms with Crippen molar-refractivity contribution in [2.45, 2.75) is 6.42 Å². The molecule has 1 aromatic heterocycles. The van der Waals surface area contributed by atoms with Crippen LogP contribution in [0, 0.1) is 0 Å². The zero-order valence-corrected chi connectivity index (χ0v) is 20.1. The van der Waals surface area contributed by atoms with Gasteiger partial charge in [-0.15, -0.1) is 0 Å². The fourth-order valence-corrected chi connectivity index (χ4v) is 4.42. The van der Waals surface area contributed by atoms with Gasteiger partial charge in [0.2, 0.25) is 0 Å². The number of benzene rings is 3. The highest BCUT2D eigenvalue weighted by Crippen LogP contribution is 2.37. The first-order chi connectivity index (χ1) is 17.6. The normalized spacial score (nSPS) is 14.1. The molecule has 0 bridgehead atoms. The summed E-state index contributed by atoms with van der Waals surface area (Å²) in [5.74, 6) is 1.51. The maximum Gasteiger partial charge on any atom is 0.336 e. The van der Waals surface area contributed by atoms with Crippen LogP contribution in [0.1, 0.15) is 16.8 Å². The second-order valence-electron chi connectivity index (χ2n) is 8.58. The first kappa shape index (κ1) is 23.8. The van der Waals surface area contributed by atoms with Crippen LogP contribution in [0.15, 0.2) is 60.8 Å². The van der Waals surface area contributed by atoms with E-state index in [1.54, 1.807) is 43.6 Å². The maximum absolute atomic E-state index is 11.5. The summed E-state index contributed by atoms with van der Waals surface area (Å²) < 4.78 is 23.3. The van der Waals surface area contributed by atoms with Crippen LogP contribution < -0.4 is 14.2 Å². The third kappa shape index (κ3) is 5.19. The van der Waals surface area contributed by atoms with Gasteiger partial charge in [-0.05, 0) is 53.6 Å². The molecular weight excluding hydrogens is 460 g/mol. The number of aromatic carboxylic acids is 1. The Morgan fingerprint density at radius 1 is 1.03 bits per heavy atom. The largest absolute Gasteiger partial charge is 0.493 e. The number of hydrogen-bond acceptors (Lipinski definition) is 7. The molecule has 4 aromatic rings.